The van der Waals surface area contributed by atoms with E-state index in [9.17, 15) is 4.79 Å². The Morgan fingerprint density at radius 2 is 1.92 bits per heavy atom. The predicted molar refractivity (Wildman–Crippen MR) is 104 cm³/mol. The Bertz CT molecular complexity index is 725. The number of hydrogen-bond donors (Lipinski definition) is 1. The van der Waals surface area contributed by atoms with Gasteiger partial charge in [0.25, 0.3) is 5.91 Å². The molecule has 3 rings (SSSR count). The molecule has 1 N–H and O–H groups in total. The Morgan fingerprint density at radius 3 is 2.69 bits per heavy atom. The van der Waals surface area contributed by atoms with E-state index in [2.05, 4.69) is 15.2 Å². The molecular formula is C21H27N3O2. The third-order valence-corrected chi connectivity index (χ3v) is 4.83. The SMILES string of the molecule is COc1ccccc1CCNC(=O)c1cncc(N2CCCCCC2)c1. The largest absolute Gasteiger partial charge is 0.496 e. The second-order valence-electron chi connectivity index (χ2n) is 6.65. The number of pyridine rings is 1. The van der Waals surface area contributed by atoms with Gasteiger partial charge in [0, 0.05) is 25.8 Å². The molecule has 1 aliphatic rings. The molecule has 0 bridgehead atoms. The first kappa shape index (κ1) is 18.2. The van der Waals surface area contributed by atoms with Gasteiger partial charge >= 0.3 is 0 Å². The summed E-state index contributed by atoms with van der Waals surface area (Å²) in [7, 11) is 1.66. The fourth-order valence-electron chi connectivity index (χ4n) is 3.38. The molecule has 2 aromatic rings. The van der Waals surface area contributed by atoms with Gasteiger partial charge in [0.15, 0.2) is 0 Å². The smallest absolute Gasteiger partial charge is 0.252 e. The highest BCUT2D eigenvalue weighted by Crippen LogP contribution is 2.20. The fraction of sp³-hybridized carbons (Fsp3) is 0.429. The molecule has 0 aliphatic carbocycles. The van der Waals surface area contributed by atoms with Gasteiger partial charge in [0.1, 0.15) is 5.75 Å². The Morgan fingerprint density at radius 1 is 1.15 bits per heavy atom. The molecule has 0 unspecified atom stereocenters. The average molecular weight is 353 g/mol. The number of nitrogens with one attached hydrogen (secondary N) is 1. The van der Waals surface area contributed by atoms with E-state index < -0.39 is 0 Å². The molecule has 1 fully saturated rings. The first-order chi connectivity index (χ1) is 12.8. The number of nitrogens with zero attached hydrogens (tertiary/aromatic N) is 2. The van der Waals surface area contributed by atoms with Gasteiger partial charge in [-0.3, -0.25) is 9.78 Å². The van der Waals surface area contributed by atoms with Gasteiger partial charge in [-0.15, -0.1) is 0 Å². The summed E-state index contributed by atoms with van der Waals surface area (Å²) in [6.07, 6.45) is 9.20. The molecule has 0 atom stereocenters. The number of hydrogen-bond acceptors (Lipinski definition) is 4. The van der Waals surface area contributed by atoms with E-state index in [0.717, 1.165) is 36.5 Å². The molecule has 26 heavy (non-hydrogen) atoms. The Balaban J connectivity index is 1.58. The van der Waals surface area contributed by atoms with Gasteiger partial charge < -0.3 is 15.0 Å². The lowest BCUT2D eigenvalue weighted by atomic mass is 10.1. The van der Waals surface area contributed by atoms with Crippen LogP contribution >= 0.6 is 0 Å². The molecule has 2 heterocycles. The van der Waals surface area contributed by atoms with Crippen molar-refractivity contribution in [2.45, 2.75) is 32.1 Å². The summed E-state index contributed by atoms with van der Waals surface area (Å²) in [5, 5.41) is 2.99. The van der Waals surface area contributed by atoms with Crippen LogP contribution in [0.4, 0.5) is 5.69 Å². The zero-order valence-electron chi connectivity index (χ0n) is 15.4. The van der Waals surface area contributed by atoms with Gasteiger partial charge in [-0.1, -0.05) is 31.0 Å². The molecule has 5 nitrogen and oxygen atoms in total. The van der Waals surface area contributed by atoms with Crippen LogP contribution in [0.2, 0.25) is 0 Å². The molecular weight excluding hydrogens is 326 g/mol. The van der Waals surface area contributed by atoms with Gasteiger partial charge in [-0.05, 0) is 37.0 Å². The molecule has 1 saturated heterocycles. The van der Waals surface area contributed by atoms with Crippen molar-refractivity contribution in [1.29, 1.82) is 0 Å². The van der Waals surface area contributed by atoms with Gasteiger partial charge in [0.05, 0.1) is 24.6 Å². The maximum atomic E-state index is 12.5. The van der Waals surface area contributed by atoms with E-state index in [1.54, 1.807) is 13.3 Å². The van der Waals surface area contributed by atoms with Crippen molar-refractivity contribution in [3.05, 3.63) is 53.9 Å². The minimum Gasteiger partial charge on any atom is -0.496 e. The number of carbonyl (C=O) groups is 1. The summed E-state index contributed by atoms with van der Waals surface area (Å²) in [6.45, 7) is 2.65. The Labute approximate surface area is 155 Å². The van der Waals surface area contributed by atoms with Crippen LogP contribution in [0.15, 0.2) is 42.7 Å². The molecule has 1 aliphatic heterocycles. The van der Waals surface area contributed by atoms with Crippen LogP contribution in [-0.2, 0) is 6.42 Å². The summed E-state index contributed by atoms with van der Waals surface area (Å²) in [5.74, 6) is 0.774. The van der Waals surface area contributed by atoms with Gasteiger partial charge in [0.2, 0.25) is 0 Å². The van der Waals surface area contributed by atoms with Crippen molar-refractivity contribution in [1.82, 2.24) is 10.3 Å². The molecule has 0 spiro atoms. The van der Waals surface area contributed by atoms with Crippen LogP contribution < -0.4 is 15.0 Å². The standard InChI is InChI=1S/C21H27N3O2/c1-26-20-9-5-4-8-17(20)10-11-23-21(25)18-14-19(16-22-15-18)24-12-6-2-3-7-13-24/h4-5,8-9,14-16H,2-3,6-7,10-13H2,1H3,(H,23,25). The summed E-state index contributed by atoms with van der Waals surface area (Å²) in [5.41, 5.74) is 2.75. The van der Waals surface area contributed by atoms with Gasteiger partial charge in [-0.25, -0.2) is 0 Å². The fourth-order valence-corrected chi connectivity index (χ4v) is 3.38. The van der Waals surface area contributed by atoms with Crippen molar-refractivity contribution in [3.63, 3.8) is 0 Å². The first-order valence-corrected chi connectivity index (χ1v) is 9.38. The van der Waals surface area contributed by atoms with Crippen molar-refractivity contribution < 1.29 is 9.53 Å². The summed E-state index contributed by atoms with van der Waals surface area (Å²) in [4.78, 5) is 19.1. The second-order valence-corrected chi connectivity index (χ2v) is 6.65. The van der Waals surface area contributed by atoms with E-state index >= 15 is 0 Å². The number of anilines is 1. The lowest BCUT2D eigenvalue weighted by Gasteiger charge is -2.22. The van der Waals surface area contributed by atoms with Crippen LogP contribution in [0.5, 0.6) is 5.75 Å². The van der Waals surface area contributed by atoms with E-state index in [0.29, 0.717) is 12.1 Å². The number of ether oxygens (including phenoxy) is 1. The molecule has 0 saturated carbocycles. The maximum Gasteiger partial charge on any atom is 0.252 e. The molecule has 5 heteroatoms. The van der Waals surface area contributed by atoms with Crippen LogP contribution in [-0.4, -0.2) is 37.6 Å². The maximum absolute atomic E-state index is 12.5. The molecule has 1 aromatic heterocycles. The molecule has 1 aromatic carbocycles. The van der Waals surface area contributed by atoms with Crippen LogP contribution in [0.3, 0.4) is 0 Å². The van der Waals surface area contributed by atoms with Crippen LogP contribution in [0.1, 0.15) is 41.6 Å². The van der Waals surface area contributed by atoms with E-state index in [1.165, 1.54) is 25.7 Å². The van der Waals surface area contributed by atoms with Crippen molar-refractivity contribution >= 4 is 11.6 Å². The average Bonchev–Trinajstić information content (AvgIpc) is 2.98. The molecule has 138 valence electrons. The number of benzene rings is 1. The summed E-state index contributed by atoms with van der Waals surface area (Å²) >= 11 is 0. The third kappa shape index (κ3) is 4.75. The summed E-state index contributed by atoms with van der Waals surface area (Å²) < 4.78 is 5.35. The minimum absolute atomic E-state index is 0.0796. The molecule has 0 radical (unpaired) electrons. The van der Waals surface area contributed by atoms with E-state index in [-0.39, 0.29) is 5.91 Å². The van der Waals surface area contributed by atoms with Crippen molar-refractivity contribution in [2.24, 2.45) is 0 Å². The van der Waals surface area contributed by atoms with E-state index in [4.69, 9.17) is 4.74 Å². The van der Waals surface area contributed by atoms with Crippen molar-refractivity contribution in [3.8, 4) is 5.75 Å². The normalized spacial score (nSPS) is 14.6. The lowest BCUT2D eigenvalue weighted by Crippen LogP contribution is -2.27. The number of para-hydroxylation sites is 1. The Hall–Kier alpha value is -2.56. The third-order valence-electron chi connectivity index (χ3n) is 4.83. The topological polar surface area (TPSA) is 54.5 Å². The number of amides is 1. The molecule has 1 amide bonds. The monoisotopic (exact) mass is 353 g/mol. The van der Waals surface area contributed by atoms with Gasteiger partial charge in [-0.2, -0.15) is 0 Å². The highest BCUT2D eigenvalue weighted by Gasteiger charge is 2.13. The van der Waals surface area contributed by atoms with Crippen LogP contribution in [0.25, 0.3) is 0 Å². The highest BCUT2D eigenvalue weighted by atomic mass is 16.5. The zero-order valence-corrected chi connectivity index (χ0v) is 15.4. The predicted octanol–water partition coefficient (Wildman–Crippen LogP) is 3.44. The second kappa shape index (κ2) is 9.22. The summed E-state index contributed by atoms with van der Waals surface area (Å²) in [6, 6.07) is 9.84. The Kier molecular flexibility index (Phi) is 6.47. The first-order valence-electron chi connectivity index (χ1n) is 9.38. The number of carbonyl (C=O) groups excluding carboxylic acids is 1. The highest BCUT2D eigenvalue weighted by molar-refractivity contribution is 5.94. The minimum atomic E-state index is -0.0796. The number of rotatable bonds is 6. The number of methoxy groups -OCH3 is 1. The quantitative estimate of drug-likeness (QED) is 0.864. The van der Waals surface area contributed by atoms with Crippen molar-refractivity contribution in [2.75, 3.05) is 31.6 Å². The van der Waals surface area contributed by atoms with E-state index in [1.807, 2.05) is 36.5 Å². The number of aromatic nitrogens is 1. The van der Waals surface area contributed by atoms with Crippen LogP contribution in [0, 0.1) is 0 Å². The lowest BCUT2D eigenvalue weighted by molar-refractivity contribution is 0.0953. The zero-order chi connectivity index (χ0) is 18.2.